The molecule has 252 valence electrons. The van der Waals surface area contributed by atoms with Gasteiger partial charge >= 0.3 is 5.69 Å². The standard InChI is InChI=1S/C36H48ClFN8O/c1-3-7-26(43-33(41)20-39)19-27-10-4-5-11-31(42-27)24-12-14-28(15-13-24)46-21-25-18-32(44-35(25)45-36(46)47)29-16-23(9-6-8-22(2)40)17-30(37)34(29)38/h12-18,21-22,26-27,31,42H,3-11,19-20,39-40H2,1-2H3,(H2,41,43)(H,44,45,47)/t22-,26+,27-,31-/m0/s1. The Morgan fingerprint density at radius 1 is 1.17 bits per heavy atom. The Morgan fingerprint density at radius 3 is 2.66 bits per heavy atom. The molecule has 3 heterocycles. The highest BCUT2D eigenvalue weighted by Gasteiger charge is 2.23. The molecular formula is C36H48ClFN8O. The Morgan fingerprint density at radius 2 is 1.94 bits per heavy atom. The summed E-state index contributed by atoms with van der Waals surface area (Å²) in [6.45, 7) is 4.42. The highest BCUT2D eigenvalue weighted by molar-refractivity contribution is 6.31. The lowest BCUT2D eigenvalue weighted by atomic mass is 9.99. The van der Waals surface area contributed by atoms with Gasteiger partial charge in [0.25, 0.3) is 0 Å². The van der Waals surface area contributed by atoms with E-state index in [4.69, 9.17) is 28.8 Å². The number of H-pyrrole nitrogens is 1. The van der Waals surface area contributed by atoms with Crippen LogP contribution in [0.4, 0.5) is 4.39 Å². The topological polar surface area (TPSA) is 153 Å². The number of rotatable bonds is 13. The monoisotopic (exact) mass is 662 g/mol. The van der Waals surface area contributed by atoms with Crippen LogP contribution in [0.2, 0.25) is 5.02 Å². The molecule has 9 nitrogen and oxygen atoms in total. The summed E-state index contributed by atoms with van der Waals surface area (Å²) in [5.74, 6) is 0.000157. The molecule has 2 aromatic heterocycles. The second-order valence-corrected chi connectivity index (χ2v) is 13.4. The van der Waals surface area contributed by atoms with E-state index in [1.807, 2.05) is 19.1 Å². The number of nitrogens with zero attached hydrogens (tertiary/aromatic N) is 3. The van der Waals surface area contributed by atoms with Crippen molar-refractivity contribution < 1.29 is 4.39 Å². The SMILES string of the molecule is CCC[C@H](C[C@@H]1CCCC[C@@H](c2ccc(-n3cc4cc(-c5cc(CCC[C@H](C)N)cc(Cl)c5F)[nH]c4nc3=O)cc2)N1)N=C(N)CN. The largest absolute Gasteiger partial charge is 0.386 e. The van der Waals surface area contributed by atoms with Crippen LogP contribution in [0, 0.1) is 5.82 Å². The zero-order valence-electron chi connectivity index (χ0n) is 27.4. The molecule has 0 amide bonds. The van der Waals surface area contributed by atoms with Gasteiger partial charge in [-0.05, 0) is 93.3 Å². The van der Waals surface area contributed by atoms with Gasteiger partial charge in [-0.25, -0.2) is 9.18 Å². The summed E-state index contributed by atoms with van der Waals surface area (Å²) in [5.41, 5.74) is 21.2. The van der Waals surface area contributed by atoms with Gasteiger partial charge in [-0.1, -0.05) is 49.9 Å². The molecule has 8 N–H and O–H groups in total. The van der Waals surface area contributed by atoms with E-state index in [9.17, 15) is 4.79 Å². The van der Waals surface area contributed by atoms with Crippen LogP contribution in [0.1, 0.15) is 88.8 Å². The van der Waals surface area contributed by atoms with Gasteiger partial charge in [0.05, 0.1) is 29.0 Å². The van der Waals surface area contributed by atoms with E-state index in [2.05, 4.69) is 39.3 Å². The van der Waals surface area contributed by atoms with Crippen LogP contribution in [0.5, 0.6) is 0 Å². The first kappa shape index (κ1) is 34.8. The fourth-order valence-electron chi connectivity index (χ4n) is 6.63. The summed E-state index contributed by atoms with van der Waals surface area (Å²) in [7, 11) is 0. The number of aromatic nitrogens is 3. The minimum atomic E-state index is -0.511. The summed E-state index contributed by atoms with van der Waals surface area (Å²) in [6, 6.07) is 14.1. The van der Waals surface area contributed by atoms with Gasteiger partial charge in [0.1, 0.15) is 11.5 Å². The predicted octanol–water partition coefficient (Wildman–Crippen LogP) is 6.29. The Balaban J connectivity index is 1.35. The lowest BCUT2D eigenvalue weighted by molar-refractivity contribution is 0.382. The van der Waals surface area contributed by atoms with Gasteiger partial charge < -0.3 is 27.5 Å². The van der Waals surface area contributed by atoms with Gasteiger partial charge in [0.2, 0.25) is 0 Å². The number of benzene rings is 2. The van der Waals surface area contributed by atoms with Gasteiger partial charge in [0.15, 0.2) is 5.82 Å². The predicted molar refractivity (Wildman–Crippen MR) is 191 cm³/mol. The van der Waals surface area contributed by atoms with E-state index < -0.39 is 11.5 Å². The molecule has 0 bridgehead atoms. The minimum Gasteiger partial charge on any atom is -0.386 e. The first-order chi connectivity index (χ1) is 22.6. The number of halogens is 2. The Hall–Kier alpha value is -3.57. The van der Waals surface area contributed by atoms with Crippen LogP contribution in [-0.2, 0) is 6.42 Å². The number of aromatic amines is 1. The van der Waals surface area contributed by atoms with Crippen LogP contribution < -0.4 is 28.2 Å². The molecule has 0 aliphatic carbocycles. The molecule has 1 aliphatic heterocycles. The lowest BCUT2D eigenvalue weighted by Crippen LogP contribution is -2.35. The molecule has 2 aromatic carbocycles. The zero-order chi connectivity index (χ0) is 33.5. The number of hydrogen-bond acceptors (Lipinski definition) is 6. The first-order valence-corrected chi connectivity index (χ1v) is 17.3. The number of hydrogen-bond donors (Lipinski definition) is 5. The Bertz CT molecular complexity index is 1730. The zero-order valence-corrected chi connectivity index (χ0v) is 28.2. The summed E-state index contributed by atoms with van der Waals surface area (Å²) in [6.07, 6.45) is 11.6. The van der Waals surface area contributed by atoms with E-state index in [1.165, 1.54) is 10.1 Å². The smallest absolute Gasteiger partial charge is 0.354 e. The van der Waals surface area contributed by atoms with Crippen LogP contribution in [-0.4, -0.2) is 45.0 Å². The quantitative estimate of drug-likeness (QED) is 0.0838. The molecule has 47 heavy (non-hydrogen) atoms. The normalized spacial score (nSPS) is 18.7. The molecule has 0 spiro atoms. The van der Waals surface area contributed by atoms with Crippen molar-refractivity contribution >= 4 is 28.5 Å². The van der Waals surface area contributed by atoms with Crippen molar-refractivity contribution in [3.8, 4) is 16.9 Å². The van der Waals surface area contributed by atoms with Crippen molar-refractivity contribution in [1.82, 2.24) is 19.9 Å². The van der Waals surface area contributed by atoms with Crippen LogP contribution in [0.25, 0.3) is 28.0 Å². The van der Waals surface area contributed by atoms with Crippen molar-refractivity contribution in [3.05, 3.63) is 81.1 Å². The van der Waals surface area contributed by atoms with E-state index in [1.54, 1.807) is 24.4 Å². The van der Waals surface area contributed by atoms with Gasteiger partial charge in [-0.2, -0.15) is 4.98 Å². The third-order valence-corrected chi connectivity index (χ3v) is 9.33. The fraction of sp³-hybridized carbons (Fsp3) is 0.472. The average molecular weight is 663 g/mol. The molecule has 0 unspecified atom stereocenters. The van der Waals surface area contributed by atoms with E-state index >= 15 is 4.39 Å². The summed E-state index contributed by atoms with van der Waals surface area (Å²) in [5, 5.41) is 4.63. The van der Waals surface area contributed by atoms with Crippen LogP contribution in [0.15, 0.2) is 58.4 Å². The average Bonchev–Trinajstić information content (AvgIpc) is 3.31. The van der Waals surface area contributed by atoms with Crippen molar-refractivity contribution in [2.45, 2.75) is 102 Å². The van der Waals surface area contributed by atoms with E-state index in [0.717, 1.165) is 69.8 Å². The lowest BCUT2D eigenvalue weighted by Gasteiger charge is -2.26. The number of fused-ring (bicyclic) bond motifs is 1. The second kappa shape index (κ2) is 16.0. The van der Waals surface area contributed by atoms with Gasteiger partial charge in [0, 0.05) is 35.3 Å². The molecule has 4 atom stereocenters. The molecule has 0 radical (unpaired) electrons. The van der Waals surface area contributed by atoms with Crippen molar-refractivity contribution in [2.75, 3.05) is 6.54 Å². The van der Waals surface area contributed by atoms with E-state index in [0.29, 0.717) is 39.9 Å². The number of aryl methyl sites for hydroxylation is 1. The number of amidine groups is 1. The molecule has 1 fully saturated rings. The maximum Gasteiger partial charge on any atom is 0.354 e. The minimum absolute atomic E-state index is 0.0598. The van der Waals surface area contributed by atoms with Crippen molar-refractivity contribution in [3.63, 3.8) is 0 Å². The number of nitrogens with two attached hydrogens (primary N) is 3. The summed E-state index contributed by atoms with van der Waals surface area (Å²) >= 11 is 6.28. The fourth-order valence-corrected chi connectivity index (χ4v) is 6.87. The summed E-state index contributed by atoms with van der Waals surface area (Å²) < 4.78 is 16.7. The Labute approximate surface area is 281 Å². The molecule has 1 saturated heterocycles. The van der Waals surface area contributed by atoms with Crippen molar-refractivity contribution in [1.29, 1.82) is 0 Å². The van der Waals surface area contributed by atoms with Crippen LogP contribution >= 0.6 is 11.6 Å². The Kier molecular flexibility index (Phi) is 11.8. The highest BCUT2D eigenvalue weighted by Crippen LogP contribution is 2.32. The second-order valence-electron chi connectivity index (χ2n) is 13.0. The molecule has 0 saturated carbocycles. The van der Waals surface area contributed by atoms with Gasteiger partial charge in [-0.3, -0.25) is 9.56 Å². The molecule has 1 aliphatic rings. The molecular weight excluding hydrogens is 615 g/mol. The van der Waals surface area contributed by atoms with Crippen molar-refractivity contribution in [2.24, 2.45) is 22.2 Å². The molecule has 11 heteroatoms. The van der Waals surface area contributed by atoms with Crippen LogP contribution in [0.3, 0.4) is 0 Å². The molecule has 4 aromatic rings. The summed E-state index contributed by atoms with van der Waals surface area (Å²) in [4.78, 5) is 25.2. The van der Waals surface area contributed by atoms with E-state index in [-0.39, 0.29) is 29.7 Å². The molecule has 5 rings (SSSR count). The maximum atomic E-state index is 15.2. The third-order valence-electron chi connectivity index (χ3n) is 9.05. The van der Waals surface area contributed by atoms with Gasteiger partial charge in [-0.15, -0.1) is 0 Å². The first-order valence-electron chi connectivity index (χ1n) is 16.9. The maximum absolute atomic E-state index is 15.2. The highest BCUT2D eigenvalue weighted by atomic mass is 35.5. The third kappa shape index (κ3) is 8.87. The number of nitrogens with one attached hydrogen (secondary N) is 2. The number of aliphatic imine (C=N–C) groups is 1.